The molecule has 0 saturated heterocycles. The molecule has 28 heavy (non-hydrogen) atoms. The molecular weight excluding hydrogens is 364 g/mol. The summed E-state index contributed by atoms with van der Waals surface area (Å²) in [5.41, 5.74) is 5.34. The first kappa shape index (κ1) is 19.9. The maximum Gasteiger partial charge on any atom is 0.0951 e. The van der Waals surface area contributed by atoms with Gasteiger partial charge in [-0.15, -0.1) is 12.4 Å². The number of hydrogen-bond donors (Lipinski definition) is 0. The smallest absolute Gasteiger partial charge is 0.0951 e. The lowest BCUT2D eigenvalue weighted by atomic mass is 9.87. The predicted octanol–water partition coefficient (Wildman–Crippen LogP) is 6.12. The lowest BCUT2D eigenvalue weighted by molar-refractivity contribution is 0.662. The molecule has 0 aliphatic rings. The van der Waals surface area contributed by atoms with Crippen LogP contribution in [0.3, 0.4) is 0 Å². The lowest BCUT2D eigenvalue weighted by Gasteiger charge is -2.18. The van der Waals surface area contributed by atoms with Crippen molar-refractivity contribution >= 4 is 12.4 Å². The minimum atomic E-state index is 0. The second-order valence-electron chi connectivity index (χ2n) is 6.91. The van der Waals surface area contributed by atoms with Crippen molar-refractivity contribution in [2.45, 2.75) is 25.3 Å². The van der Waals surface area contributed by atoms with Crippen LogP contribution in [0.25, 0.3) is 0 Å². The highest BCUT2D eigenvalue weighted by molar-refractivity contribution is 5.85. The zero-order valence-electron chi connectivity index (χ0n) is 15.8. The minimum Gasteiger partial charge on any atom is -0.330 e. The van der Waals surface area contributed by atoms with E-state index < -0.39 is 0 Å². The van der Waals surface area contributed by atoms with Crippen molar-refractivity contribution in [3.05, 3.63) is 126 Å². The molecule has 1 aromatic heterocycles. The standard InChI is InChI=1S/C25H24N2.ClH/c1-4-10-21(11-5-1)19-27-20-26-18-24(27)16-17-25(22-12-6-2-7-13-22)23-14-8-3-9-15-23;/h1-15,18,20,25H,16-17,19H2;1H. The quantitative estimate of drug-likeness (QED) is 0.373. The van der Waals surface area contributed by atoms with Gasteiger partial charge in [0.15, 0.2) is 0 Å². The van der Waals surface area contributed by atoms with E-state index >= 15 is 0 Å². The molecule has 3 heteroatoms. The molecule has 1 heterocycles. The van der Waals surface area contributed by atoms with E-state index in [1.807, 2.05) is 12.5 Å². The number of halogens is 1. The molecule has 3 aromatic carbocycles. The van der Waals surface area contributed by atoms with Crippen molar-refractivity contribution in [2.24, 2.45) is 0 Å². The van der Waals surface area contributed by atoms with Crippen molar-refractivity contribution in [3.63, 3.8) is 0 Å². The average Bonchev–Trinajstić information content (AvgIpc) is 3.17. The Balaban J connectivity index is 0.00000225. The van der Waals surface area contributed by atoms with Gasteiger partial charge >= 0.3 is 0 Å². The Morgan fingerprint density at radius 2 is 1.25 bits per heavy atom. The number of rotatable bonds is 7. The van der Waals surface area contributed by atoms with Gasteiger partial charge in [-0.05, 0) is 29.5 Å². The molecule has 0 saturated carbocycles. The van der Waals surface area contributed by atoms with Crippen LogP contribution < -0.4 is 0 Å². The van der Waals surface area contributed by atoms with Gasteiger partial charge in [-0.3, -0.25) is 0 Å². The number of aromatic nitrogens is 2. The van der Waals surface area contributed by atoms with Crippen LogP contribution in [0.5, 0.6) is 0 Å². The number of nitrogens with zero attached hydrogens (tertiary/aromatic N) is 2. The Kier molecular flexibility index (Phi) is 7.05. The molecule has 0 aliphatic heterocycles. The van der Waals surface area contributed by atoms with Gasteiger partial charge in [-0.1, -0.05) is 91.0 Å². The Labute approximate surface area is 173 Å². The van der Waals surface area contributed by atoms with E-state index in [-0.39, 0.29) is 12.4 Å². The molecule has 4 rings (SSSR count). The molecule has 0 radical (unpaired) electrons. The van der Waals surface area contributed by atoms with Gasteiger partial charge in [0.25, 0.3) is 0 Å². The third kappa shape index (κ3) is 4.90. The van der Waals surface area contributed by atoms with Crippen LogP contribution in [0.2, 0.25) is 0 Å². The van der Waals surface area contributed by atoms with Crippen LogP contribution in [0.1, 0.15) is 34.7 Å². The fraction of sp³-hybridized carbons (Fsp3) is 0.160. The molecule has 0 fully saturated rings. The second kappa shape index (κ2) is 9.91. The van der Waals surface area contributed by atoms with E-state index in [0.29, 0.717) is 5.92 Å². The van der Waals surface area contributed by atoms with Crippen LogP contribution in [-0.4, -0.2) is 9.55 Å². The molecule has 0 aliphatic carbocycles. The summed E-state index contributed by atoms with van der Waals surface area (Å²) >= 11 is 0. The van der Waals surface area contributed by atoms with Crippen molar-refractivity contribution in [1.82, 2.24) is 9.55 Å². The molecule has 4 aromatic rings. The van der Waals surface area contributed by atoms with Crippen molar-refractivity contribution in [3.8, 4) is 0 Å². The normalized spacial score (nSPS) is 10.6. The first-order valence-electron chi connectivity index (χ1n) is 9.53. The van der Waals surface area contributed by atoms with Crippen molar-refractivity contribution < 1.29 is 0 Å². The van der Waals surface area contributed by atoms with Gasteiger partial charge in [-0.2, -0.15) is 0 Å². The van der Waals surface area contributed by atoms with E-state index in [0.717, 1.165) is 19.4 Å². The summed E-state index contributed by atoms with van der Waals surface area (Å²) in [6.07, 6.45) is 6.02. The third-order valence-corrected chi connectivity index (χ3v) is 5.09. The first-order valence-corrected chi connectivity index (χ1v) is 9.53. The Morgan fingerprint density at radius 3 is 1.82 bits per heavy atom. The third-order valence-electron chi connectivity index (χ3n) is 5.09. The largest absolute Gasteiger partial charge is 0.330 e. The summed E-state index contributed by atoms with van der Waals surface area (Å²) < 4.78 is 2.27. The van der Waals surface area contributed by atoms with E-state index in [2.05, 4.69) is 101 Å². The number of aryl methyl sites for hydroxylation is 1. The molecular formula is C25H25ClN2. The maximum atomic E-state index is 4.40. The van der Waals surface area contributed by atoms with E-state index in [4.69, 9.17) is 0 Å². The van der Waals surface area contributed by atoms with Gasteiger partial charge in [0.05, 0.1) is 6.33 Å². The highest BCUT2D eigenvalue weighted by Gasteiger charge is 2.15. The number of hydrogen-bond acceptors (Lipinski definition) is 1. The van der Waals surface area contributed by atoms with Gasteiger partial charge in [-0.25, -0.2) is 4.98 Å². The van der Waals surface area contributed by atoms with E-state index in [9.17, 15) is 0 Å². The van der Waals surface area contributed by atoms with Crippen LogP contribution in [0.15, 0.2) is 104 Å². The second-order valence-corrected chi connectivity index (χ2v) is 6.91. The summed E-state index contributed by atoms with van der Waals surface area (Å²) in [6, 6.07) is 32.2. The zero-order valence-corrected chi connectivity index (χ0v) is 16.6. The van der Waals surface area contributed by atoms with Gasteiger partial charge in [0.2, 0.25) is 0 Å². The summed E-state index contributed by atoms with van der Waals surface area (Å²) in [5.74, 6) is 0.396. The highest BCUT2D eigenvalue weighted by atomic mass is 35.5. The lowest BCUT2D eigenvalue weighted by Crippen LogP contribution is -2.07. The van der Waals surface area contributed by atoms with Gasteiger partial charge in [0.1, 0.15) is 0 Å². The Hall–Kier alpha value is -2.84. The maximum absolute atomic E-state index is 4.40. The Morgan fingerprint density at radius 1 is 0.714 bits per heavy atom. The molecule has 0 unspecified atom stereocenters. The first-order chi connectivity index (χ1) is 13.4. The molecule has 0 atom stereocenters. The number of benzene rings is 3. The zero-order chi connectivity index (χ0) is 18.3. The summed E-state index contributed by atoms with van der Waals surface area (Å²) in [4.78, 5) is 4.40. The fourth-order valence-electron chi connectivity index (χ4n) is 3.67. The molecule has 0 bridgehead atoms. The number of imidazole rings is 1. The molecule has 0 N–H and O–H groups in total. The fourth-order valence-corrected chi connectivity index (χ4v) is 3.67. The van der Waals surface area contributed by atoms with E-state index in [1.54, 1.807) is 0 Å². The predicted molar refractivity (Wildman–Crippen MR) is 118 cm³/mol. The summed E-state index contributed by atoms with van der Waals surface area (Å²) in [6.45, 7) is 0.873. The molecule has 142 valence electrons. The molecule has 0 amide bonds. The van der Waals surface area contributed by atoms with Gasteiger partial charge in [0, 0.05) is 24.4 Å². The van der Waals surface area contributed by atoms with Crippen LogP contribution in [0, 0.1) is 0 Å². The highest BCUT2D eigenvalue weighted by Crippen LogP contribution is 2.29. The van der Waals surface area contributed by atoms with Crippen molar-refractivity contribution in [2.75, 3.05) is 0 Å². The van der Waals surface area contributed by atoms with Gasteiger partial charge < -0.3 is 4.57 Å². The Bertz CT molecular complexity index is 910. The SMILES string of the molecule is Cl.c1ccc(Cn2cncc2CCC(c2ccccc2)c2ccccc2)cc1. The van der Waals surface area contributed by atoms with Crippen LogP contribution in [0.4, 0.5) is 0 Å². The van der Waals surface area contributed by atoms with E-state index in [1.165, 1.54) is 22.4 Å². The molecule has 2 nitrogen and oxygen atoms in total. The van der Waals surface area contributed by atoms with Crippen LogP contribution in [-0.2, 0) is 13.0 Å². The van der Waals surface area contributed by atoms with Crippen LogP contribution >= 0.6 is 12.4 Å². The summed E-state index contributed by atoms with van der Waals surface area (Å²) in [5, 5.41) is 0. The summed E-state index contributed by atoms with van der Waals surface area (Å²) in [7, 11) is 0. The topological polar surface area (TPSA) is 17.8 Å². The monoisotopic (exact) mass is 388 g/mol. The minimum absolute atomic E-state index is 0. The molecule has 0 spiro atoms. The van der Waals surface area contributed by atoms with Crippen molar-refractivity contribution in [1.29, 1.82) is 0 Å². The average molecular weight is 389 g/mol.